The average Bonchev–Trinajstić information content (AvgIpc) is 3.30. The number of nitrogens with zero attached hydrogens (tertiary/aromatic N) is 4. The van der Waals surface area contributed by atoms with Gasteiger partial charge in [0.15, 0.2) is 0 Å². The monoisotopic (exact) mass is 424 g/mol. The molecule has 1 unspecified atom stereocenters. The van der Waals surface area contributed by atoms with Crippen LogP contribution in [-0.4, -0.2) is 53.8 Å². The molecule has 1 spiro atoms. The Labute approximate surface area is 167 Å². The highest BCUT2D eigenvalue weighted by molar-refractivity contribution is 7.89. The zero-order valence-electron chi connectivity index (χ0n) is 15.8. The normalized spacial score (nSPS) is 25.0. The highest BCUT2D eigenvalue weighted by atomic mass is 32.2. The van der Waals surface area contributed by atoms with Crippen molar-refractivity contribution < 1.29 is 21.9 Å². The summed E-state index contributed by atoms with van der Waals surface area (Å²) in [6.45, 7) is 1.60. The first-order valence-corrected chi connectivity index (χ1v) is 11.3. The SMILES string of the molecule is O=S(=O)(c1cc(F)cc(F)c1)N1CC(c2nncn2C2CC2)C2(CCOCC2)C1. The van der Waals surface area contributed by atoms with Gasteiger partial charge in [0, 0.05) is 44.3 Å². The summed E-state index contributed by atoms with van der Waals surface area (Å²) in [5.74, 6) is -1.15. The Balaban J connectivity index is 1.53. The van der Waals surface area contributed by atoms with Gasteiger partial charge in [-0.2, -0.15) is 4.31 Å². The Morgan fingerprint density at radius 3 is 2.45 bits per heavy atom. The van der Waals surface area contributed by atoms with Crippen molar-refractivity contribution in [2.24, 2.45) is 5.41 Å². The van der Waals surface area contributed by atoms with E-state index in [9.17, 15) is 17.2 Å². The Kier molecular flexibility index (Phi) is 4.48. The number of ether oxygens (including phenoxy) is 1. The lowest BCUT2D eigenvalue weighted by Crippen LogP contribution is -2.37. The minimum absolute atomic E-state index is 0.136. The van der Waals surface area contributed by atoms with E-state index in [2.05, 4.69) is 14.8 Å². The van der Waals surface area contributed by atoms with Gasteiger partial charge < -0.3 is 9.30 Å². The Morgan fingerprint density at radius 2 is 1.79 bits per heavy atom. The van der Waals surface area contributed by atoms with Crippen molar-refractivity contribution in [2.75, 3.05) is 26.3 Å². The third kappa shape index (κ3) is 3.27. The zero-order valence-corrected chi connectivity index (χ0v) is 16.6. The van der Waals surface area contributed by atoms with E-state index >= 15 is 0 Å². The molecular formula is C19H22F2N4O3S. The molecule has 1 aromatic heterocycles. The first-order chi connectivity index (χ1) is 13.9. The van der Waals surface area contributed by atoms with Gasteiger partial charge in [-0.3, -0.25) is 0 Å². The van der Waals surface area contributed by atoms with Gasteiger partial charge >= 0.3 is 0 Å². The van der Waals surface area contributed by atoms with Crippen LogP contribution in [0.25, 0.3) is 0 Å². The highest BCUT2D eigenvalue weighted by Gasteiger charge is 2.53. The largest absolute Gasteiger partial charge is 0.381 e. The van der Waals surface area contributed by atoms with Crippen LogP contribution < -0.4 is 0 Å². The van der Waals surface area contributed by atoms with Gasteiger partial charge in [0.25, 0.3) is 0 Å². The lowest BCUT2D eigenvalue weighted by molar-refractivity contribution is 0.0129. The van der Waals surface area contributed by atoms with Crippen molar-refractivity contribution in [1.29, 1.82) is 0 Å². The number of sulfonamides is 1. The molecule has 3 fully saturated rings. The van der Waals surface area contributed by atoms with Crippen molar-refractivity contribution in [3.05, 3.63) is 42.0 Å². The summed E-state index contributed by atoms with van der Waals surface area (Å²) in [5, 5.41) is 8.45. The van der Waals surface area contributed by atoms with Gasteiger partial charge in [-0.25, -0.2) is 17.2 Å². The molecule has 0 bridgehead atoms. The molecule has 0 radical (unpaired) electrons. The quantitative estimate of drug-likeness (QED) is 0.754. The maximum Gasteiger partial charge on any atom is 0.243 e. The van der Waals surface area contributed by atoms with Gasteiger partial charge in [0.1, 0.15) is 23.8 Å². The predicted molar refractivity (Wildman–Crippen MR) is 98.6 cm³/mol. The van der Waals surface area contributed by atoms with Crippen molar-refractivity contribution in [3.8, 4) is 0 Å². The van der Waals surface area contributed by atoms with Crippen molar-refractivity contribution >= 4 is 10.0 Å². The smallest absolute Gasteiger partial charge is 0.243 e. The molecule has 5 rings (SSSR count). The predicted octanol–water partition coefficient (Wildman–Crippen LogP) is 2.48. The van der Waals surface area contributed by atoms with E-state index < -0.39 is 21.7 Å². The second-order valence-electron chi connectivity index (χ2n) is 8.26. The van der Waals surface area contributed by atoms with Gasteiger partial charge in [0.05, 0.1) is 4.90 Å². The second-order valence-corrected chi connectivity index (χ2v) is 10.2. The van der Waals surface area contributed by atoms with E-state index in [0.29, 0.717) is 38.2 Å². The third-order valence-electron chi connectivity index (χ3n) is 6.43. The van der Waals surface area contributed by atoms with Crippen LogP contribution in [0.2, 0.25) is 0 Å². The Bertz CT molecular complexity index is 1010. The summed E-state index contributed by atoms with van der Waals surface area (Å²) >= 11 is 0. The topological polar surface area (TPSA) is 77.3 Å². The van der Waals surface area contributed by atoms with E-state index in [0.717, 1.165) is 30.8 Å². The van der Waals surface area contributed by atoms with E-state index in [4.69, 9.17) is 4.74 Å². The van der Waals surface area contributed by atoms with Gasteiger partial charge in [-0.15, -0.1) is 10.2 Å². The first kappa shape index (κ1) is 19.1. The van der Waals surface area contributed by atoms with Gasteiger partial charge in [0.2, 0.25) is 10.0 Å². The van der Waals surface area contributed by atoms with Crippen molar-refractivity contribution in [2.45, 2.75) is 42.5 Å². The highest BCUT2D eigenvalue weighted by Crippen LogP contribution is 2.51. The van der Waals surface area contributed by atoms with Crippen molar-refractivity contribution in [1.82, 2.24) is 19.1 Å². The summed E-state index contributed by atoms with van der Waals surface area (Å²) < 4.78 is 62.8. The Hall–Kier alpha value is -1.91. The van der Waals surface area contributed by atoms with E-state index in [1.807, 2.05) is 0 Å². The molecule has 2 aliphatic heterocycles. The van der Waals surface area contributed by atoms with Gasteiger partial charge in [-0.05, 0) is 43.2 Å². The van der Waals surface area contributed by atoms with E-state index in [1.54, 1.807) is 6.33 Å². The van der Waals surface area contributed by atoms with Crippen LogP contribution in [0.4, 0.5) is 8.78 Å². The van der Waals surface area contributed by atoms with Crippen LogP contribution in [0.5, 0.6) is 0 Å². The van der Waals surface area contributed by atoms with Crippen molar-refractivity contribution in [3.63, 3.8) is 0 Å². The number of rotatable bonds is 4. The second kappa shape index (κ2) is 6.82. The van der Waals surface area contributed by atoms with Crippen LogP contribution in [-0.2, 0) is 14.8 Å². The maximum absolute atomic E-state index is 13.7. The fourth-order valence-electron chi connectivity index (χ4n) is 4.71. The summed E-state index contributed by atoms with van der Waals surface area (Å²) in [6, 6.07) is 2.79. The minimum Gasteiger partial charge on any atom is -0.381 e. The first-order valence-electron chi connectivity index (χ1n) is 9.82. The molecule has 2 aromatic rings. The Morgan fingerprint density at radius 1 is 1.10 bits per heavy atom. The fraction of sp³-hybridized carbons (Fsp3) is 0.579. The van der Waals surface area contributed by atoms with Crippen LogP contribution in [0.3, 0.4) is 0 Å². The molecule has 1 aliphatic carbocycles. The average molecular weight is 424 g/mol. The minimum atomic E-state index is -4.05. The van der Waals surface area contributed by atoms with Crippen LogP contribution in [0.1, 0.15) is 43.5 Å². The number of benzene rings is 1. The molecule has 10 heteroatoms. The summed E-state index contributed by atoms with van der Waals surface area (Å²) in [4.78, 5) is -0.360. The summed E-state index contributed by atoms with van der Waals surface area (Å²) in [5.41, 5.74) is -0.323. The lowest BCUT2D eigenvalue weighted by Gasteiger charge is -2.37. The molecule has 0 N–H and O–H groups in total. The van der Waals surface area contributed by atoms with Crippen LogP contribution >= 0.6 is 0 Å². The van der Waals surface area contributed by atoms with E-state index in [-0.39, 0.29) is 29.3 Å². The molecule has 1 saturated carbocycles. The maximum atomic E-state index is 13.7. The summed E-state index contributed by atoms with van der Waals surface area (Å²) in [7, 11) is -4.05. The molecule has 7 nitrogen and oxygen atoms in total. The molecular weight excluding hydrogens is 402 g/mol. The lowest BCUT2D eigenvalue weighted by atomic mass is 9.72. The molecule has 156 valence electrons. The van der Waals surface area contributed by atoms with E-state index in [1.165, 1.54) is 4.31 Å². The molecule has 1 atom stereocenters. The third-order valence-corrected chi connectivity index (χ3v) is 8.22. The van der Waals surface area contributed by atoms with Crippen LogP contribution in [0, 0.1) is 17.0 Å². The molecule has 3 aliphatic rings. The molecule has 2 saturated heterocycles. The molecule has 1 aromatic carbocycles. The summed E-state index contributed by atoms with van der Waals surface area (Å²) in [6.07, 6.45) is 5.27. The molecule has 29 heavy (non-hydrogen) atoms. The number of hydrogen-bond acceptors (Lipinski definition) is 5. The molecule has 3 heterocycles. The standard InChI is InChI=1S/C19H22F2N4O3S/c20-13-7-14(21)9-16(8-13)29(26,27)24-10-17(19(11-24)3-5-28-6-4-19)18-23-22-12-25(18)15-1-2-15/h7-9,12,15,17H,1-6,10-11H2. The van der Waals surface area contributed by atoms with Crippen LogP contribution in [0.15, 0.2) is 29.4 Å². The molecule has 0 amide bonds. The fourth-order valence-corrected chi connectivity index (χ4v) is 6.30. The van der Waals surface area contributed by atoms with Gasteiger partial charge in [-0.1, -0.05) is 0 Å². The number of hydrogen-bond donors (Lipinski definition) is 0. The zero-order chi connectivity index (χ0) is 20.2. The number of aromatic nitrogens is 3. The number of halogens is 2.